The summed E-state index contributed by atoms with van der Waals surface area (Å²) in [7, 11) is 3.44. The van der Waals surface area contributed by atoms with Crippen molar-refractivity contribution >= 4 is 0 Å². The third-order valence-electron chi connectivity index (χ3n) is 2.62. The molecule has 0 saturated heterocycles. The summed E-state index contributed by atoms with van der Waals surface area (Å²) < 4.78 is 10.2. The van der Waals surface area contributed by atoms with Crippen LogP contribution in [0, 0.1) is 0 Å². The second kappa shape index (κ2) is 8.05. The van der Waals surface area contributed by atoms with Gasteiger partial charge >= 0.3 is 0 Å². The second-order valence-electron chi connectivity index (χ2n) is 4.27. The molecule has 1 atom stereocenters. The van der Waals surface area contributed by atoms with Crippen molar-refractivity contribution in [3.63, 3.8) is 0 Å². The van der Waals surface area contributed by atoms with Gasteiger partial charge in [-0.2, -0.15) is 0 Å². The Morgan fingerprint density at radius 3 is 1.93 bits per heavy atom. The summed E-state index contributed by atoms with van der Waals surface area (Å²) in [6, 6.07) is 0. The topological polar surface area (TPSA) is 47.7 Å². The lowest BCUT2D eigenvalue weighted by molar-refractivity contribution is 0.100. The Kier molecular flexibility index (Phi) is 7.96. The number of hydrogen-bond donors (Lipinski definition) is 1. The van der Waals surface area contributed by atoms with E-state index in [0.29, 0.717) is 0 Å². The molecule has 0 aliphatic carbocycles. The van der Waals surface area contributed by atoms with Gasteiger partial charge in [-0.15, -0.1) is 0 Å². The highest BCUT2D eigenvalue weighted by molar-refractivity contribution is 4.81. The minimum atomic E-state index is -0.124. The van der Waals surface area contributed by atoms with Gasteiger partial charge in [0.2, 0.25) is 0 Å². The average molecular weight is 218 g/mol. The minimum absolute atomic E-state index is 0.124. The van der Waals surface area contributed by atoms with Crippen LogP contribution in [0.2, 0.25) is 0 Å². The first-order valence-corrected chi connectivity index (χ1v) is 5.55. The van der Waals surface area contributed by atoms with E-state index >= 15 is 0 Å². The number of methoxy groups -OCH3 is 2. The first kappa shape index (κ1) is 14.8. The Bertz CT molecular complexity index is 144. The molecule has 0 aliphatic rings. The molecule has 0 saturated carbocycles. The van der Waals surface area contributed by atoms with E-state index in [2.05, 4.69) is 18.7 Å². The molecule has 0 fully saturated rings. The standard InChI is InChI=1S/C11H26N2O2/c1-5-11(2,12)10-13(6-8-14-3)7-9-15-4/h5-10,12H2,1-4H3. The minimum Gasteiger partial charge on any atom is -0.383 e. The van der Waals surface area contributed by atoms with Gasteiger partial charge in [0.05, 0.1) is 13.2 Å². The maximum absolute atomic E-state index is 6.14. The number of hydrogen-bond acceptors (Lipinski definition) is 4. The Morgan fingerprint density at radius 1 is 1.13 bits per heavy atom. The van der Waals surface area contributed by atoms with Crippen LogP contribution < -0.4 is 5.73 Å². The van der Waals surface area contributed by atoms with E-state index in [9.17, 15) is 0 Å². The van der Waals surface area contributed by atoms with Gasteiger partial charge in [0, 0.05) is 39.4 Å². The maximum Gasteiger partial charge on any atom is 0.0589 e. The molecule has 4 nitrogen and oxygen atoms in total. The third-order valence-corrected chi connectivity index (χ3v) is 2.62. The normalized spacial score (nSPS) is 15.6. The molecular weight excluding hydrogens is 192 g/mol. The number of nitrogens with zero attached hydrogens (tertiary/aromatic N) is 1. The van der Waals surface area contributed by atoms with Gasteiger partial charge in [-0.25, -0.2) is 0 Å². The summed E-state index contributed by atoms with van der Waals surface area (Å²) in [5.41, 5.74) is 6.01. The molecule has 2 N–H and O–H groups in total. The molecule has 0 spiro atoms. The number of ether oxygens (including phenoxy) is 2. The van der Waals surface area contributed by atoms with Gasteiger partial charge in [-0.05, 0) is 13.3 Å². The Morgan fingerprint density at radius 2 is 1.60 bits per heavy atom. The molecule has 0 aromatic carbocycles. The first-order valence-electron chi connectivity index (χ1n) is 5.55. The van der Waals surface area contributed by atoms with E-state index in [1.807, 2.05) is 0 Å². The summed E-state index contributed by atoms with van der Waals surface area (Å²) in [6.45, 7) is 8.38. The van der Waals surface area contributed by atoms with Crippen molar-refractivity contribution in [2.24, 2.45) is 5.73 Å². The Hall–Kier alpha value is -0.160. The summed E-state index contributed by atoms with van der Waals surface area (Å²) in [4.78, 5) is 2.29. The number of rotatable bonds is 9. The van der Waals surface area contributed by atoms with Crippen molar-refractivity contribution in [2.75, 3.05) is 47.1 Å². The molecule has 4 heteroatoms. The fraction of sp³-hybridized carbons (Fsp3) is 1.00. The quantitative estimate of drug-likeness (QED) is 0.619. The van der Waals surface area contributed by atoms with Gasteiger partial charge in [0.15, 0.2) is 0 Å². The molecule has 0 aromatic heterocycles. The molecule has 0 heterocycles. The van der Waals surface area contributed by atoms with Gasteiger partial charge in [0.1, 0.15) is 0 Å². The molecule has 0 bridgehead atoms. The molecule has 0 aromatic rings. The monoisotopic (exact) mass is 218 g/mol. The van der Waals surface area contributed by atoms with E-state index in [0.717, 1.165) is 39.3 Å². The molecule has 0 radical (unpaired) electrons. The Labute approximate surface area is 93.7 Å². The smallest absolute Gasteiger partial charge is 0.0589 e. The highest BCUT2D eigenvalue weighted by atomic mass is 16.5. The van der Waals surface area contributed by atoms with Gasteiger partial charge < -0.3 is 15.2 Å². The van der Waals surface area contributed by atoms with Crippen LogP contribution in [0.25, 0.3) is 0 Å². The van der Waals surface area contributed by atoms with Crippen LogP contribution >= 0.6 is 0 Å². The molecular formula is C11H26N2O2. The van der Waals surface area contributed by atoms with Crippen LogP contribution in [0.4, 0.5) is 0 Å². The van der Waals surface area contributed by atoms with Crippen molar-refractivity contribution in [3.8, 4) is 0 Å². The average Bonchev–Trinajstić information content (AvgIpc) is 2.22. The molecule has 0 rings (SSSR count). The van der Waals surface area contributed by atoms with Gasteiger partial charge in [-0.1, -0.05) is 6.92 Å². The lowest BCUT2D eigenvalue weighted by atomic mass is 10.00. The Balaban J connectivity index is 3.98. The lowest BCUT2D eigenvalue weighted by Gasteiger charge is -2.31. The van der Waals surface area contributed by atoms with E-state index in [1.165, 1.54) is 0 Å². The molecule has 0 amide bonds. The molecule has 15 heavy (non-hydrogen) atoms. The highest BCUT2D eigenvalue weighted by Crippen LogP contribution is 2.07. The van der Waals surface area contributed by atoms with Crippen LogP contribution in [-0.4, -0.2) is 57.5 Å². The molecule has 1 unspecified atom stereocenters. The van der Waals surface area contributed by atoms with E-state index in [4.69, 9.17) is 15.2 Å². The first-order chi connectivity index (χ1) is 7.05. The van der Waals surface area contributed by atoms with E-state index in [-0.39, 0.29) is 5.54 Å². The van der Waals surface area contributed by atoms with E-state index < -0.39 is 0 Å². The van der Waals surface area contributed by atoms with Crippen molar-refractivity contribution < 1.29 is 9.47 Å². The highest BCUT2D eigenvalue weighted by Gasteiger charge is 2.19. The summed E-state index contributed by atoms with van der Waals surface area (Å²) in [5, 5.41) is 0. The summed E-state index contributed by atoms with van der Waals surface area (Å²) in [6.07, 6.45) is 0.976. The van der Waals surface area contributed by atoms with Gasteiger partial charge in [0.25, 0.3) is 0 Å². The van der Waals surface area contributed by atoms with Crippen molar-refractivity contribution in [1.29, 1.82) is 0 Å². The van der Waals surface area contributed by atoms with Crippen LogP contribution in [-0.2, 0) is 9.47 Å². The predicted octanol–water partition coefficient (Wildman–Crippen LogP) is 0.709. The SMILES string of the molecule is CCC(C)(N)CN(CCOC)CCOC. The van der Waals surface area contributed by atoms with Crippen molar-refractivity contribution in [3.05, 3.63) is 0 Å². The fourth-order valence-electron chi connectivity index (χ4n) is 1.33. The van der Waals surface area contributed by atoms with Gasteiger partial charge in [-0.3, -0.25) is 4.90 Å². The van der Waals surface area contributed by atoms with Crippen LogP contribution in [0.15, 0.2) is 0 Å². The summed E-state index contributed by atoms with van der Waals surface area (Å²) in [5.74, 6) is 0. The third kappa shape index (κ3) is 7.73. The predicted molar refractivity (Wildman–Crippen MR) is 63.1 cm³/mol. The zero-order chi connectivity index (χ0) is 11.7. The van der Waals surface area contributed by atoms with Crippen LogP contribution in [0.3, 0.4) is 0 Å². The molecule has 92 valence electrons. The summed E-state index contributed by atoms with van der Waals surface area (Å²) >= 11 is 0. The van der Waals surface area contributed by atoms with Crippen molar-refractivity contribution in [2.45, 2.75) is 25.8 Å². The van der Waals surface area contributed by atoms with E-state index in [1.54, 1.807) is 14.2 Å². The molecule has 0 aliphatic heterocycles. The zero-order valence-electron chi connectivity index (χ0n) is 10.6. The fourth-order valence-corrected chi connectivity index (χ4v) is 1.33. The van der Waals surface area contributed by atoms with Crippen molar-refractivity contribution in [1.82, 2.24) is 4.90 Å². The zero-order valence-corrected chi connectivity index (χ0v) is 10.6. The largest absolute Gasteiger partial charge is 0.383 e. The maximum atomic E-state index is 6.14. The van der Waals surface area contributed by atoms with Crippen LogP contribution in [0.5, 0.6) is 0 Å². The van der Waals surface area contributed by atoms with Crippen LogP contribution in [0.1, 0.15) is 20.3 Å². The second-order valence-corrected chi connectivity index (χ2v) is 4.27. The lowest BCUT2D eigenvalue weighted by Crippen LogP contribution is -2.49. The number of nitrogens with two attached hydrogens (primary N) is 1.